The van der Waals surface area contributed by atoms with Crippen LogP contribution in [0.5, 0.6) is 0 Å². The number of sulfonamides is 1. The molecule has 0 aliphatic carbocycles. The molecule has 1 aromatic rings. The molecule has 1 rings (SSSR count). The fourth-order valence-corrected chi connectivity index (χ4v) is 3.36. The maximum absolute atomic E-state index is 12.3. The van der Waals surface area contributed by atoms with E-state index < -0.39 is 10.0 Å². The zero-order chi connectivity index (χ0) is 16.0. The minimum Gasteiger partial charge on any atom is -0.313 e. The predicted molar refractivity (Wildman–Crippen MR) is 87.8 cm³/mol. The fraction of sp³-hybridized carbons (Fsp3) is 0.625. The van der Waals surface area contributed by atoms with Crippen molar-refractivity contribution >= 4 is 10.0 Å². The molecule has 1 aromatic carbocycles. The van der Waals surface area contributed by atoms with Gasteiger partial charge in [0, 0.05) is 12.1 Å². The summed E-state index contributed by atoms with van der Waals surface area (Å²) in [6.45, 7) is 8.23. The van der Waals surface area contributed by atoms with Gasteiger partial charge in [-0.2, -0.15) is 0 Å². The van der Waals surface area contributed by atoms with E-state index in [-0.39, 0.29) is 12.1 Å². The first-order valence-electron chi connectivity index (χ1n) is 7.55. The number of hydrogen-bond donors (Lipinski definition) is 2. The van der Waals surface area contributed by atoms with Crippen molar-refractivity contribution in [3.05, 3.63) is 29.8 Å². The van der Waals surface area contributed by atoms with Gasteiger partial charge < -0.3 is 5.32 Å². The van der Waals surface area contributed by atoms with E-state index in [2.05, 4.69) is 23.9 Å². The van der Waals surface area contributed by atoms with Gasteiger partial charge in [0.05, 0.1) is 4.90 Å². The molecule has 0 aliphatic heterocycles. The highest BCUT2D eigenvalue weighted by molar-refractivity contribution is 7.89. The Labute approximate surface area is 129 Å². The first-order chi connectivity index (χ1) is 9.76. The van der Waals surface area contributed by atoms with Gasteiger partial charge >= 0.3 is 0 Å². The second-order valence-corrected chi connectivity index (χ2v) is 7.79. The van der Waals surface area contributed by atoms with E-state index in [1.807, 2.05) is 33.0 Å². The highest BCUT2D eigenvalue weighted by Crippen LogP contribution is 2.17. The summed E-state index contributed by atoms with van der Waals surface area (Å²) in [7, 11) is -1.54. The Hall–Kier alpha value is -0.910. The van der Waals surface area contributed by atoms with Gasteiger partial charge in [-0.3, -0.25) is 0 Å². The third-order valence-electron chi connectivity index (χ3n) is 3.66. The van der Waals surface area contributed by atoms with Crippen molar-refractivity contribution in [2.24, 2.45) is 5.92 Å². The van der Waals surface area contributed by atoms with E-state index in [0.717, 1.165) is 18.4 Å². The van der Waals surface area contributed by atoms with Crippen LogP contribution in [0.2, 0.25) is 0 Å². The number of nitrogens with one attached hydrogen (secondary N) is 2. The molecule has 0 spiro atoms. The molecule has 5 heteroatoms. The number of rotatable bonds is 8. The van der Waals surface area contributed by atoms with Crippen molar-refractivity contribution in [1.82, 2.24) is 10.0 Å². The van der Waals surface area contributed by atoms with Gasteiger partial charge in [0.25, 0.3) is 0 Å². The largest absolute Gasteiger partial charge is 0.313 e. The Kier molecular flexibility index (Phi) is 6.84. The van der Waals surface area contributed by atoms with Crippen LogP contribution in [0.1, 0.15) is 52.1 Å². The van der Waals surface area contributed by atoms with Gasteiger partial charge in [-0.1, -0.05) is 26.0 Å². The van der Waals surface area contributed by atoms with Crippen molar-refractivity contribution in [1.29, 1.82) is 0 Å². The fourth-order valence-electron chi connectivity index (χ4n) is 2.08. The second kappa shape index (κ2) is 7.92. The standard InChI is InChI=1S/C16H28N2O2S/c1-12(2)6-7-13(3)18-21(19,20)16-10-8-15(9-11-16)14(4)17-5/h8-14,17-18H,6-7H2,1-5H3. The summed E-state index contributed by atoms with van der Waals surface area (Å²) in [5.41, 5.74) is 1.07. The van der Waals surface area contributed by atoms with E-state index in [1.54, 1.807) is 12.1 Å². The molecular formula is C16H28N2O2S. The van der Waals surface area contributed by atoms with Crippen LogP contribution >= 0.6 is 0 Å². The highest BCUT2D eigenvalue weighted by atomic mass is 32.2. The van der Waals surface area contributed by atoms with Gasteiger partial charge in [0.15, 0.2) is 0 Å². The van der Waals surface area contributed by atoms with Gasteiger partial charge in [-0.25, -0.2) is 13.1 Å². The molecule has 0 heterocycles. The van der Waals surface area contributed by atoms with E-state index in [4.69, 9.17) is 0 Å². The average molecular weight is 312 g/mol. The van der Waals surface area contributed by atoms with E-state index in [0.29, 0.717) is 10.8 Å². The smallest absolute Gasteiger partial charge is 0.240 e. The number of benzene rings is 1. The van der Waals surface area contributed by atoms with Crippen molar-refractivity contribution in [3.63, 3.8) is 0 Å². The Morgan fingerprint density at radius 2 is 1.57 bits per heavy atom. The molecule has 2 unspecified atom stereocenters. The lowest BCUT2D eigenvalue weighted by atomic mass is 10.1. The van der Waals surface area contributed by atoms with Crippen molar-refractivity contribution in [3.8, 4) is 0 Å². The molecule has 0 radical (unpaired) electrons. The molecule has 0 fully saturated rings. The Bertz CT molecular complexity index is 524. The minimum atomic E-state index is -3.43. The van der Waals surface area contributed by atoms with Gasteiger partial charge in [0.1, 0.15) is 0 Å². The molecule has 0 saturated carbocycles. The van der Waals surface area contributed by atoms with E-state index in [9.17, 15) is 8.42 Å². The van der Waals surface area contributed by atoms with Crippen LogP contribution in [-0.2, 0) is 10.0 Å². The first-order valence-corrected chi connectivity index (χ1v) is 9.04. The maximum atomic E-state index is 12.3. The zero-order valence-corrected chi connectivity index (χ0v) is 14.5. The molecule has 0 saturated heterocycles. The lowest BCUT2D eigenvalue weighted by Gasteiger charge is -2.16. The average Bonchev–Trinajstić information content (AvgIpc) is 2.44. The summed E-state index contributed by atoms with van der Waals surface area (Å²) < 4.78 is 27.4. The zero-order valence-electron chi connectivity index (χ0n) is 13.7. The third-order valence-corrected chi connectivity index (χ3v) is 5.26. The summed E-state index contributed by atoms with van der Waals surface area (Å²) in [5.74, 6) is 0.583. The third kappa shape index (κ3) is 5.77. The lowest BCUT2D eigenvalue weighted by molar-refractivity contribution is 0.485. The van der Waals surface area contributed by atoms with Crippen LogP contribution in [0.25, 0.3) is 0 Å². The summed E-state index contributed by atoms with van der Waals surface area (Å²) >= 11 is 0. The van der Waals surface area contributed by atoms with Crippen LogP contribution in [0.15, 0.2) is 29.2 Å². The molecule has 0 aliphatic rings. The molecule has 0 amide bonds. The molecule has 2 N–H and O–H groups in total. The van der Waals surface area contributed by atoms with Crippen molar-refractivity contribution < 1.29 is 8.42 Å². The van der Waals surface area contributed by atoms with Gasteiger partial charge in [0.2, 0.25) is 10.0 Å². The minimum absolute atomic E-state index is 0.0479. The molecule has 0 aromatic heterocycles. The summed E-state index contributed by atoms with van der Waals surface area (Å²) in [6, 6.07) is 7.21. The van der Waals surface area contributed by atoms with Crippen LogP contribution < -0.4 is 10.0 Å². The van der Waals surface area contributed by atoms with Gasteiger partial charge in [-0.05, 0) is 57.4 Å². The van der Waals surface area contributed by atoms with Gasteiger partial charge in [-0.15, -0.1) is 0 Å². The number of hydrogen-bond acceptors (Lipinski definition) is 3. The normalized spacial score (nSPS) is 15.1. The topological polar surface area (TPSA) is 58.2 Å². The van der Waals surface area contributed by atoms with Crippen molar-refractivity contribution in [2.75, 3.05) is 7.05 Å². The molecule has 120 valence electrons. The summed E-state index contributed by atoms with van der Waals surface area (Å²) in [6.07, 6.45) is 1.87. The molecular weight excluding hydrogens is 284 g/mol. The quantitative estimate of drug-likeness (QED) is 0.775. The second-order valence-electron chi connectivity index (χ2n) is 6.07. The molecule has 0 bridgehead atoms. The van der Waals surface area contributed by atoms with E-state index >= 15 is 0 Å². The maximum Gasteiger partial charge on any atom is 0.240 e. The molecule has 21 heavy (non-hydrogen) atoms. The molecule has 4 nitrogen and oxygen atoms in total. The first kappa shape index (κ1) is 18.1. The monoisotopic (exact) mass is 312 g/mol. The summed E-state index contributed by atoms with van der Waals surface area (Å²) in [5, 5.41) is 3.13. The van der Waals surface area contributed by atoms with Crippen LogP contribution in [0, 0.1) is 5.92 Å². The summed E-state index contributed by atoms with van der Waals surface area (Å²) in [4.78, 5) is 0.325. The van der Waals surface area contributed by atoms with Crippen molar-refractivity contribution in [2.45, 2.75) is 57.5 Å². The Morgan fingerprint density at radius 1 is 1.00 bits per heavy atom. The van der Waals surface area contributed by atoms with Crippen LogP contribution in [0.3, 0.4) is 0 Å². The Morgan fingerprint density at radius 3 is 2.05 bits per heavy atom. The molecule has 2 atom stereocenters. The highest BCUT2D eigenvalue weighted by Gasteiger charge is 2.17. The van der Waals surface area contributed by atoms with E-state index in [1.165, 1.54) is 0 Å². The predicted octanol–water partition coefficient (Wildman–Crippen LogP) is 3.07. The Balaban J connectivity index is 2.74. The SMILES string of the molecule is CNC(C)c1ccc(S(=O)(=O)NC(C)CCC(C)C)cc1. The lowest BCUT2D eigenvalue weighted by Crippen LogP contribution is -2.32. The van der Waals surface area contributed by atoms with Crippen LogP contribution in [-0.4, -0.2) is 21.5 Å². The van der Waals surface area contributed by atoms with Crippen LogP contribution in [0.4, 0.5) is 0 Å².